The molecule has 0 fully saturated rings. The molecule has 0 saturated carbocycles. The average molecular weight is 300 g/mol. The van der Waals surface area contributed by atoms with Gasteiger partial charge in [0.25, 0.3) is 5.56 Å². The van der Waals surface area contributed by atoms with Crippen LogP contribution in [0, 0.1) is 0 Å². The number of fused-ring (bicyclic) bond motifs is 1. The summed E-state index contributed by atoms with van der Waals surface area (Å²) in [6, 6.07) is 0. The Hall–Kier alpha value is -2.01. The molecule has 0 aliphatic heterocycles. The molecule has 0 aliphatic rings. The summed E-state index contributed by atoms with van der Waals surface area (Å²) in [4.78, 5) is 30.1. The summed E-state index contributed by atoms with van der Waals surface area (Å²) in [6.45, 7) is -0.751. The summed E-state index contributed by atoms with van der Waals surface area (Å²) in [5.74, 6) is -0.191. The standard InChI is InChI=1S/C11H16N4O6/c1-14-9-5(10(20)15(2)11(14)21)12-8(13-9)7(19)6(18)4(17)3-16/h4,6-7,16-19H,3H2,1-2H3,(H,12,13)/t4-,6-,7-/m1/s1. The van der Waals surface area contributed by atoms with Gasteiger partial charge in [0, 0.05) is 14.1 Å². The fourth-order valence-electron chi connectivity index (χ4n) is 1.96. The molecule has 0 saturated heterocycles. The second-order valence-electron chi connectivity index (χ2n) is 4.71. The Balaban J connectivity index is 2.59. The van der Waals surface area contributed by atoms with E-state index in [9.17, 15) is 24.9 Å². The summed E-state index contributed by atoms with van der Waals surface area (Å²) in [7, 11) is 2.70. The van der Waals surface area contributed by atoms with E-state index in [-0.39, 0.29) is 17.0 Å². The van der Waals surface area contributed by atoms with Gasteiger partial charge in [0.2, 0.25) is 0 Å². The third-order valence-electron chi connectivity index (χ3n) is 3.30. The van der Waals surface area contributed by atoms with E-state index in [1.807, 2.05) is 0 Å². The Bertz CT molecular complexity index is 775. The smallest absolute Gasteiger partial charge is 0.332 e. The van der Waals surface area contributed by atoms with Gasteiger partial charge in [0.05, 0.1) is 6.61 Å². The number of hydrogen-bond acceptors (Lipinski definition) is 7. The first kappa shape index (κ1) is 15.4. The normalized spacial score (nSPS) is 16.1. The summed E-state index contributed by atoms with van der Waals surface area (Å²) in [6.07, 6.45) is -4.92. The first-order valence-electron chi connectivity index (χ1n) is 6.10. The van der Waals surface area contributed by atoms with E-state index in [0.717, 1.165) is 9.13 Å². The van der Waals surface area contributed by atoms with E-state index in [1.54, 1.807) is 0 Å². The first-order chi connectivity index (χ1) is 9.79. The lowest BCUT2D eigenvalue weighted by atomic mass is 10.1. The molecule has 0 unspecified atom stereocenters. The molecule has 0 aliphatic carbocycles. The Morgan fingerprint density at radius 3 is 2.38 bits per heavy atom. The second-order valence-corrected chi connectivity index (χ2v) is 4.71. The number of nitrogens with zero attached hydrogens (tertiary/aromatic N) is 3. The Labute approximate surface area is 117 Å². The molecule has 0 radical (unpaired) electrons. The molecule has 5 N–H and O–H groups in total. The monoisotopic (exact) mass is 300 g/mol. The maximum Gasteiger partial charge on any atom is 0.332 e. The molecule has 0 amide bonds. The molecule has 2 aromatic heterocycles. The molecular formula is C11H16N4O6. The highest BCUT2D eigenvalue weighted by Gasteiger charge is 2.28. The molecule has 2 aromatic rings. The minimum atomic E-state index is -1.70. The lowest BCUT2D eigenvalue weighted by Gasteiger charge is -2.19. The van der Waals surface area contributed by atoms with Crippen LogP contribution in [0.2, 0.25) is 0 Å². The van der Waals surface area contributed by atoms with Crippen LogP contribution in [0.5, 0.6) is 0 Å². The van der Waals surface area contributed by atoms with Gasteiger partial charge in [-0.15, -0.1) is 0 Å². The minimum absolute atomic E-state index is 0.0145. The molecule has 0 spiro atoms. The zero-order chi connectivity index (χ0) is 15.9. The van der Waals surface area contributed by atoms with Crippen molar-refractivity contribution in [2.24, 2.45) is 14.1 Å². The number of aromatic nitrogens is 4. The van der Waals surface area contributed by atoms with Gasteiger partial charge in [0.1, 0.15) is 29.7 Å². The number of aliphatic hydroxyl groups excluding tert-OH is 4. The van der Waals surface area contributed by atoms with Crippen LogP contribution in [0.3, 0.4) is 0 Å². The maximum absolute atomic E-state index is 11.9. The van der Waals surface area contributed by atoms with Crippen molar-refractivity contribution < 1.29 is 20.4 Å². The molecular weight excluding hydrogens is 284 g/mol. The van der Waals surface area contributed by atoms with Crippen molar-refractivity contribution in [3.8, 4) is 0 Å². The maximum atomic E-state index is 11.9. The van der Waals surface area contributed by atoms with Crippen molar-refractivity contribution >= 4 is 11.2 Å². The number of aromatic amines is 1. The molecule has 0 bridgehead atoms. The van der Waals surface area contributed by atoms with Gasteiger partial charge in [-0.3, -0.25) is 13.9 Å². The van der Waals surface area contributed by atoms with Crippen LogP contribution in [0.4, 0.5) is 0 Å². The van der Waals surface area contributed by atoms with Gasteiger partial charge in [-0.2, -0.15) is 0 Å². The van der Waals surface area contributed by atoms with Crippen molar-refractivity contribution in [3.63, 3.8) is 0 Å². The molecule has 0 aromatic carbocycles. The second kappa shape index (κ2) is 5.41. The fraction of sp³-hybridized carbons (Fsp3) is 0.545. The van der Waals surface area contributed by atoms with Crippen LogP contribution in [-0.2, 0) is 14.1 Å². The zero-order valence-electron chi connectivity index (χ0n) is 11.4. The number of aryl methyl sites for hydroxylation is 1. The number of nitrogens with one attached hydrogen (secondary N) is 1. The molecule has 21 heavy (non-hydrogen) atoms. The van der Waals surface area contributed by atoms with E-state index in [4.69, 9.17) is 5.11 Å². The van der Waals surface area contributed by atoms with Gasteiger partial charge in [-0.1, -0.05) is 0 Å². The zero-order valence-corrected chi connectivity index (χ0v) is 11.4. The van der Waals surface area contributed by atoms with Gasteiger partial charge in [-0.25, -0.2) is 9.78 Å². The number of imidazole rings is 1. The highest BCUT2D eigenvalue weighted by atomic mass is 16.4. The van der Waals surface area contributed by atoms with Crippen molar-refractivity contribution in [3.05, 3.63) is 26.7 Å². The van der Waals surface area contributed by atoms with E-state index < -0.39 is 36.2 Å². The number of aliphatic hydroxyl groups is 4. The van der Waals surface area contributed by atoms with Crippen molar-refractivity contribution in [1.29, 1.82) is 0 Å². The summed E-state index contributed by atoms with van der Waals surface area (Å²) in [5, 5.41) is 37.6. The first-order valence-corrected chi connectivity index (χ1v) is 6.10. The molecule has 116 valence electrons. The van der Waals surface area contributed by atoms with Crippen molar-refractivity contribution in [2.75, 3.05) is 6.61 Å². The number of hydrogen-bond donors (Lipinski definition) is 5. The third kappa shape index (κ3) is 2.38. The van der Waals surface area contributed by atoms with Crippen LogP contribution in [0.15, 0.2) is 9.59 Å². The Kier molecular flexibility index (Phi) is 3.96. The summed E-state index contributed by atoms with van der Waals surface area (Å²) in [5.41, 5.74) is -1.21. The van der Waals surface area contributed by atoms with E-state index in [1.165, 1.54) is 14.1 Å². The van der Waals surface area contributed by atoms with E-state index in [2.05, 4.69) is 9.97 Å². The molecule has 2 rings (SSSR count). The summed E-state index contributed by atoms with van der Waals surface area (Å²) >= 11 is 0. The lowest BCUT2D eigenvalue weighted by Crippen LogP contribution is -2.36. The van der Waals surface area contributed by atoms with Crippen molar-refractivity contribution in [1.82, 2.24) is 19.1 Å². The highest BCUT2D eigenvalue weighted by molar-refractivity contribution is 5.69. The van der Waals surface area contributed by atoms with Crippen molar-refractivity contribution in [2.45, 2.75) is 18.3 Å². The van der Waals surface area contributed by atoms with Gasteiger partial charge in [-0.05, 0) is 0 Å². The minimum Gasteiger partial charge on any atom is -0.394 e. The quantitative estimate of drug-likeness (QED) is 0.396. The predicted molar refractivity (Wildman–Crippen MR) is 70.6 cm³/mol. The van der Waals surface area contributed by atoms with Gasteiger partial charge >= 0.3 is 5.69 Å². The third-order valence-corrected chi connectivity index (χ3v) is 3.30. The highest BCUT2D eigenvalue weighted by Crippen LogP contribution is 2.18. The average Bonchev–Trinajstić information content (AvgIpc) is 2.93. The van der Waals surface area contributed by atoms with Crippen LogP contribution >= 0.6 is 0 Å². The van der Waals surface area contributed by atoms with E-state index >= 15 is 0 Å². The Morgan fingerprint density at radius 1 is 1.19 bits per heavy atom. The SMILES string of the molecule is Cn1c(=O)c2[nH]c([C@H](O)[C@H](O)[C@H](O)CO)nc2n(C)c1=O. The summed E-state index contributed by atoms with van der Waals surface area (Å²) < 4.78 is 1.98. The topological polar surface area (TPSA) is 154 Å². The van der Waals surface area contributed by atoms with Crippen LogP contribution < -0.4 is 11.2 Å². The molecule has 2 heterocycles. The number of rotatable bonds is 4. The Morgan fingerprint density at radius 2 is 1.81 bits per heavy atom. The largest absolute Gasteiger partial charge is 0.394 e. The number of H-pyrrole nitrogens is 1. The van der Waals surface area contributed by atoms with Crippen LogP contribution in [-0.4, -0.2) is 58.3 Å². The van der Waals surface area contributed by atoms with Crippen LogP contribution in [0.25, 0.3) is 11.2 Å². The fourth-order valence-corrected chi connectivity index (χ4v) is 1.96. The van der Waals surface area contributed by atoms with Gasteiger partial charge < -0.3 is 25.4 Å². The molecule has 3 atom stereocenters. The van der Waals surface area contributed by atoms with Gasteiger partial charge in [0.15, 0.2) is 5.65 Å². The molecule has 10 heteroatoms. The van der Waals surface area contributed by atoms with E-state index in [0.29, 0.717) is 0 Å². The molecule has 10 nitrogen and oxygen atoms in total. The predicted octanol–water partition coefficient (Wildman–Crippen LogP) is -3.29. The lowest BCUT2D eigenvalue weighted by molar-refractivity contribution is -0.0800. The van der Waals surface area contributed by atoms with Crippen LogP contribution in [0.1, 0.15) is 11.9 Å².